The average Bonchev–Trinajstić information content (AvgIpc) is 2.33. The van der Waals surface area contributed by atoms with Crippen molar-refractivity contribution in [1.29, 1.82) is 0 Å². The minimum atomic E-state index is 0.0557. The van der Waals surface area contributed by atoms with Crippen molar-refractivity contribution in [2.45, 2.75) is 25.2 Å². The molecule has 0 radical (unpaired) electrons. The second kappa shape index (κ2) is 4.16. The summed E-state index contributed by atoms with van der Waals surface area (Å²) < 4.78 is 5.14. The standard InChI is InChI=1S/C13H17NO2/c1-13(8-7-12(15)14-9-13)10-3-5-11(16-2)6-4-10/h3-6H,7-9H2,1-2H3,(H,14,15). The van der Waals surface area contributed by atoms with E-state index in [-0.39, 0.29) is 11.3 Å². The summed E-state index contributed by atoms with van der Waals surface area (Å²) in [5.74, 6) is 1.03. The summed E-state index contributed by atoms with van der Waals surface area (Å²) in [6.07, 6.45) is 1.52. The molecule has 0 spiro atoms. The Bertz CT molecular complexity index is 373. The van der Waals surface area contributed by atoms with Crippen molar-refractivity contribution in [3.05, 3.63) is 29.8 Å². The van der Waals surface area contributed by atoms with Crippen molar-refractivity contribution < 1.29 is 9.53 Å². The van der Waals surface area contributed by atoms with Crippen LogP contribution in [-0.2, 0) is 10.2 Å². The molecule has 0 saturated carbocycles. The van der Waals surface area contributed by atoms with Gasteiger partial charge in [-0.2, -0.15) is 0 Å². The van der Waals surface area contributed by atoms with Crippen LogP contribution in [0.3, 0.4) is 0 Å². The molecule has 0 bridgehead atoms. The Labute approximate surface area is 95.8 Å². The van der Waals surface area contributed by atoms with Crippen LogP contribution in [0.25, 0.3) is 0 Å². The topological polar surface area (TPSA) is 38.3 Å². The Morgan fingerprint density at radius 2 is 2.00 bits per heavy atom. The van der Waals surface area contributed by atoms with Crippen LogP contribution < -0.4 is 10.1 Å². The zero-order chi connectivity index (χ0) is 11.6. The van der Waals surface area contributed by atoms with Gasteiger partial charge in [0.1, 0.15) is 5.75 Å². The first-order valence-corrected chi connectivity index (χ1v) is 5.55. The third kappa shape index (κ3) is 2.03. The van der Waals surface area contributed by atoms with Crippen molar-refractivity contribution in [1.82, 2.24) is 5.32 Å². The summed E-state index contributed by atoms with van der Waals surface area (Å²) in [4.78, 5) is 11.2. The molecule has 3 nitrogen and oxygen atoms in total. The van der Waals surface area contributed by atoms with Crippen LogP contribution in [-0.4, -0.2) is 19.6 Å². The van der Waals surface area contributed by atoms with Gasteiger partial charge in [-0.3, -0.25) is 4.79 Å². The Balaban J connectivity index is 2.19. The van der Waals surface area contributed by atoms with Gasteiger partial charge in [-0.05, 0) is 24.1 Å². The molecule has 1 aromatic carbocycles. The van der Waals surface area contributed by atoms with E-state index in [4.69, 9.17) is 4.74 Å². The lowest BCUT2D eigenvalue weighted by molar-refractivity contribution is -0.123. The summed E-state index contributed by atoms with van der Waals surface area (Å²) in [6, 6.07) is 8.10. The van der Waals surface area contributed by atoms with E-state index in [0.29, 0.717) is 6.42 Å². The van der Waals surface area contributed by atoms with Gasteiger partial charge in [0, 0.05) is 18.4 Å². The normalized spacial score (nSPS) is 25.0. The first-order valence-electron chi connectivity index (χ1n) is 5.55. The van der Waals surface area contributed by atoms with Crippen LogP contribution in [0.4, 0.5) is 0 Å². The van der Waals surface area contributed by atoms with E-state index in [2.05, 4.69) is 24.4 Å². The predicted molar refractivity (Wildman–Crippen MR) is 62.6 cm³/mol. The maximum atomic E-state index is 11.2. The second-order valence-electron chi connectivity index (χ2n) is 4.57. The SMILES string of the molecule is COc1ccc(C2(C)CCC(=O)NC2)cc1. The molecule has 3 heteroatoms. The van der Waals surface area contributed by atoms with Crippen LogP contribution in [0.1, 0.15) is 25.3 Å². The molecule has 1 aliphatic rings. The summed E-state index contributed by atoms with van der Waals surface area (Å²) in [5.41, 5.74) is 1.31. The zero-order valence-electron chi connectivity index (χ0n) is 9.75. The summed E-state index contributed by atoms with van der Waals surface area (Å²) in [7, 11) is 1.66. The molecular formula is C13H17NO2. The first kappa shape index (κ1) is 11.0. The lowest BCUT2D eigenvalue weighted by Crippen LogP contribution is -2.44. The zero-order valence-corrected chi connectivity index (χ0v) is 9.75. The number of rotatable bonds is 2. The van der Waals surface area contributed by atoms with E-state index in [9.17, 15) is 4.79 Å². The van der Waals surface area contributed by atoms with Crippen LogP contribution in [0, 0.1) is 0 Å². The van der Waals surface area contributed by atoms with Gasteiger partial charge in [-0.15, -0.1) is 0 Å². The summed E-state index contributed by atoms with van der Waals surface area (Å²) in [5, 5.41) is 2.93. The minimum Gasteiger partial charge on any atom is -0.497 e. The molecular weight excluding hydrogens is 202 g/mol. The van der Waals surface area contributed by atoms with Crippen molar-refractivity contribution in [3.8, 4) is 5.75 Å². The van der Waals surface area contributed by atoms with Gasteiger partial charge < -0.3 is 10.1 Å². The number of benzene rings is 1. The molecule has 1 N–H and O–H groups in total. The molecule has 1 amide bonds. The van der Waals surface area contributed by atoms with Gasteiger partial charge in [-0.25, -0.2) is 0 Å². The molecule has 1 aromatic rings. The Kier molecular flexibility index (Phi) is 2.86. The van der Waals surface area contributed by atoms with Gasteiger partial charge in [0.2, 0.25) is 5.91 Å². The number of methoxy groups -OCH3 is 1. The lowest BCUT2D eigenvalue weighted by Gasteiger charge is -2.34. The third-order valence-electron chi connectivity index (χ3n) is 3.37. The number of nitrogens with one attached hydrogen (secondary N) is 1. The van der Waals surface area contributed by atoms with Gasteiger partial charge in [0.25, 0.3) is 0 Å². The number of hydrogen-bond acceptors (Lipinski definition) is 2. The van der Waals surface area contributed by atoms with Crippen molar-refractivity contribution in [2.75, 3.05) is 13.7 Å². The number of hydrogen-bond donors (Lipinski definition) is 1. The molecule has 1 unspecified atom stereocenters. The molecule has 1 saturated heterocycles. The highest BCUT2D eigenvalue weighted by molar-refractivity contribution is 5.77. The van der Waals surface area contributed by atoms with Crippen molar-refractivity contribution >= 4 is 5.91 Å². The molecule has 1 heterocycles. The van der Waals surface area contributed by atoms with E-state index < -0.39 is 0 Å². The predicted octanol–water partition coefficient (Wildman–Crippen LogP) is 1.86. The fourth-order valence-electron chi connectivity index (χ4n) is 2.10. The van der Waals surface area contributed by atoms with Gasteiger partial charge in [-0.1, -0.05) is 19.1 Å². The van der Waals surface area contributed by atoms with Gasteiger partial charge in [0.15, 0.2) is 0 Å². The van der Waals surface area contributed by atoms with Crippen LogP contribution in [0.15, 0.2) is 24.3 Å². The average molecular weight is 219 g/mol. The van der Waals surface area contributed by atoms with Crippen molar-refractivity contribution in [2.24, 2.45) is 0 Å². The molecule has 0 aromatic heterocycles. The number of ether oxygens (including phenoxy) is 1. The smallest absolute Gasteiger partial charge is 0.220 e. The van der Waals surface area contributed by atoms with Crippen molar-refractivity contribution in [3.63, 3.8) is 0 Å². The fraction of sp³-hybridized carbons (Fsp3) is 0.462. The second-order valence-corrected chi connectivity index (χ2v) is 4.57. The third-order valence-corrected chi connectivity index (χ3v) is 3.37. The Morgan fingerprint density at radius 1 is 1.31 bits per heavy atom. The van der Waals surface area contributed by atoms with E-state index in [1.165, 1.54) is 5.56 Å². The number of carbonyl (C=O) groups is 1. The lowest BCUT2D eigenvalue weighted by atomic mass is 9.76. The highest BCUT2D eigenvalue weighted by Gasteiger charge is 2.31. The maximum Gasteiger partial charge on any atom is 0.220 e. The van der Waals surface area contributed by atoms with E-state index >= 15 is 0 Å². The Morgan fingerprint density at radius 3 is 2.50 bits per heavy atom. The number of carbonyl (C=O) groups excluding carboxylic acids is 1. The largest absolute Gasteiger partial charge is 0.497 e. The Hall–Kier alpha value is -1.51. The molecule has 1 aliphatic heterocycles. The van der Waals surface area contributed by atoms with Gasteiger partial charge in [0.05, 0.1) is 7.11 Å². The summed E-state index contributed by atoms with van der Waals surface area (Å²) in [6.45, 7) is 2.91. The minimum absolute atomic E-state index is 0.0557. The summed E-state index contributed by atoms with van der Waals surface area (Å²) >= 11 is 0. The fourth-order valence-corrected chi connectivity index (χ4v) is 2.10. The van der Waals surface area contributed by atoms with Crippen LogP contribution in [0.2, 0.25) is 0 Å². The van der Waals surface area contributed by atoms with Crippen LogP contribution in [0.5, 0.6) is 5.75 Å². The molecule has 86 valence electrons. The highest BCUT2D eigenvalue weighted by Crippen LogP contribution is 2.31. The maximum absolute atomic E-state index is 11.2. The van der Waals surface area contributed by atoms with Gasteiger partial charge >= 0.3 is 0 Å². The molecule has 1 fully saturated rings. The van der Waals surface area contributed by atoms with Crippen LogP contribution >= 0.6 is 0 Å². The molecule has 16 heavy (non-hydrogen) atoms. The van der Waals surface area contributed by atoms with E-state index in [1.807, 2.05) is 12.1 Å². The number of amides is 1. The highest BCUT2D eigenvalue weighted by atomic mass is 16.5. The van der Waals surface area contributed by atoms with E-state index in [1.54, 1.807) is 7.11 Å². The quantitative estimate of drug-likeness (QED) is 0.824. The van der Waals surface area contributed by atoms with E-state index in [0.717, 1.165) is 18.7 Å². The molecule has 2 rings (SSSR count). The first-order chi connectivity index (χ1) is 7.64. The number of piperidine rings is 1. The molecule has 1 atom stereocenters. The molecule has 0 aliphatic carbocycles. The monoisotopic (exact) mass is 219 g/mol.